The van der Waals surface area contributed by atoms with E-state index >= 15 is 0 Å². The highest BCUT2D eigenvalue weighted by Crippen LogP contribution is 2.40. The van der Waals surface area contributed by atoms with Gasteiger partial charge >= 0.3 is 0 Å². The van der Waals surface area contributed by atoms with Gasteiger partial charge in [-0.15, -0.1) is 10.2 Å². The number of halogens is 1. The molecule has 0 aliphatic heterocycles. The molecule has 1 amide bonds. The SMILES string of the molecule is C=C(Br)CSc1nnc(C2CC2)n1CCC(N)=O. The van der Waals surface area contributed by atoms with E-state index in [0.717, 1.165) is 34.1 Å². The van der Waals surface area contributed by atoms with Crippen LogP contribution in [0.4, 0.5) is 0 Å². The molecule has 1 saturated carbocycles. The fourth-order valence-electron chi connectivity index (χ4n) is 1.63. The van der Waals surface area contributed by atoms with E-state index in [-0.39, 0.29) is 5.91 Å². The van der Waals surface area contributed by atoms with E-state index in [9.17, 15) is 4.79 Å². The van der Waals surface area contributed by atoms with Crippen LogP contribution in [0.1, 0.15) is 31.0 Å². The summed E-state index contributed by atoms with van der Waals surface area (Å²) >= 11 is 4.88. The lowest BCUT2D eigenvalue weighted by atomic mass is 10.3. The van der Waals surface area contributed by atoms with Gasteiger partial charge < -0.3 is 10.3 Å². The van der Waals surface area contributed by atoms with Gasteiger partial charge in [-0.05, 0) is 17.3 Å². The molecule has 0 bridgehead atoms. The first-order valence-corrected chi connectivity index (χ1v) is 7.53. The molecule has 0 spiro atoms. The predicted octanol–water partition coefficient (Wildman–Crippen LogP) is 2.03. The van der Waals surface area contributed by atoms with Gasteiger partial charge in [0.1, 0.15) is 5.82 Å². The van der Waals surface area contributed by atoms with Crippen LogP contribution in [0.15, 0.2) is 16.2 Å². The van der Waals surface area contributed by atoms with E-state index in [0.29, 0.717) is 18.9 Å². The van der Waals surface area contributed by atoms with Crippen LogP contribution < -0.4 is 5.73 Å². The highest BCUT2D eigenvalue weighted by atomic mass is 79.9. The number of aromatic nitrogens is 3. The second-order valence-corrected chi connectivity index (χ2v) is 6.35. The smallest absolute Gasteiger partial charge is 0.219 e. The molecule has 98 valence electrons. The number of nitrogens with two attached hydrogens (primary N) is 1. The third-order valence-electron chi connectivity index (χ3n) is 2.63. The Morgan fingerprint density at radius 3 is 2.83 bits per heavy atom. The molecule has 7 heteroatoms. The molecule has 1 aromatic rings. The van der Waals surface area contributed by atoms with Crippen molar-refractivity contribution in [2.24, 2.45) is 5.73 Å². The van der Waals surface area contributed by atoms with Crippen LogP contribution >= 0.6 is 27.7 Å². The van der Waals surface area contributed by atoms with Gasteiger partial charge in [-0.25, -0.2) is 0 Å². The number of nitrogens with zero attached hydrogens (tertiary/aromatic N) is 3. The summed E-state index contributed by atoms with van der Waals surface area (Å²) in [5.74, 6) is 1.93. The Kier molecular flexibility index (Phi) is 4.45. The summed E-state index contributed by atoms with van der Waals surface area (Å²) in [6.07, 6.45) is 2.63. The highest BCUT2D eigenvalue weighted by Gasteiger charge is 2.30. The summed E-state index contributed by atoms with van der Waals surface area (Å²) in [4.78, 5) is 10.9. The molecule has 0 atom stereocenters. The monoisotopic (exact) mass is 330 g/mol. The molecule has 18 heavy (non-hydrogen) atoms. The van der Waals surface area contributed by atoms with E-state index in [4.69, 9.17) is 5.73 Å². The van der Waals surface area contributed by atoms with Gasteiger partial charge in [-0.1, -0.05) is 34.3 Å². The fraction of sp³-hybridized carbons (Fsp3) is 0.545. The van der Waals surface area contributed by atoms with E-state index in [1.165, 1.54) is 0 Å². The Balaban J connectivity index is 2.11. The van der Waals surface area contributed by atoms with Crippen molar-refractivity contribution in [2.45, 2.75) is 36.9 Å². The van der Waals surface area contributed by atoms with Crippen LogP contribution in [-0.2, 0) is 11.3 Å². The molecule has 0 unspecified atom stereocenters. The van der Waals surface area contributed by atoms with Crippen molar-refractivity contribution in [3.63, 3.8) is 0 Å². The van der Waals surface area contributed by atoms with Crippen molar-refractivity contribution in [2.75, 3.05) is 5.75 Å². The minimum atomic E-state index is -0.300. The first kappa shape index (κ1) is 13.6. The van der Waals surface area contributed by atoms with Crippen molar-refractivity contribution in [3.8, 4) is 0 Å². The molecular formula is C11H15BrN4OS. The second-order valence-electron chi connectivity index (χ2n) is 4.29. The standard InChI is InChI=1S/C11H15BrN4OS/c1-7(12)6-18-11-15-14-10(8-2-3-8)16(11)5-4-9(13)17/h8H,1-6H2,(H2,13,17). The largest absolute Gasteiger partial charge is 0.370 e. The van der Waals surface area contributed by atoms with E-state index in [2.05, 4.69) is 32.7 Å². The molecule has 1 fully saturated rings. The summed E-state index contributed by atoms with van der Waals surface area (Å²) in [5.41, 5.74) is 5.20. The Hall–Kier alpha value is -0.820. The Morgan fingerprint density at radius 1 is 1.56 bits per heavy atom. The van der Waals surface area contributed by atoms with Crippen LogP contribution in [0, 0.1) is 0 Å². The van der Waals surface area contributed by atoms with E-state index in [1.807, 2.05) is 4.57 Å². The summed E-state index contributed by atoms with van der Waals surface area (Å²) in [7, 11) is 0. The molecule has 1 heterocycles. The molecule has 0 aromatic carbocycles. The zero-order valence-electron chi connectivity index (χ0n) is 9.93. The summed E-state index contributed by atoms with van der Waals surface area (Å²) in [6, 6.07) is 0. The number of carbonyl (C=O) groups excluding carboxylic acids is 1. The molecule has 0 radical (unpaired) electrons. The molecular weight excluding hydrogens is 316 g/mol. The second kappa shape index (κ2) is 5.88. The molecule has 5 nitrogen and oxygen atoms in total. The van der Waals surface area contributed by atoms with Crippen LogP contribution in [0.3, 0.4) is 0 Å². The zero-order valence-corrected chi connectivity index (χ0v) is 12.3. The van der Waals surface area contributed by atoms with Crippen LogP contribution in [0.25, 0.3) is 0 Å². The van der Waals surface area contributed by atoms with Crippen LogP contribution in [-0.4, -0.2) is 26.4 Å². The number of hydrogen-bond donors (Lipinski definition) is 1. The van der Waals surface area contributed by atoms with Crippen LogP contribution in [0.5, 0.6) is 0 Å². The number of hydrogen-bond acceptors (Lipinski definition) is 4. The fourth-order valence-corrected chi connectivity index (χ4v) is 2.69. The molecule has 0 saturated heterocycles. The molecule has 2 N–H and O–H groups in total. The molecule has 1 aromatic heterocycles. The van der Waals surface area contributed by atoms with Crippen LogP contribution in [0.2, 0.25) is 0 Å². The number of thioether (sulfide) groups is 1. The highest BCUT2D eigenvalue weighted by molar-refractivity contribution is 9.11. The zero-order chi connectivity index (χ0) is 13.1. The van der Waals surface area contributed by atoms with E-state index in [1.54, 1.807) is 11.8 Å². The summed E-state index contributed by atoms with van der Waals surface area (Å²) in [6.45, 7) is 4.35. The topological polar surface area (TPSA) is 73.8 Å². The molecule has 1 aliphatic rings. The van der Waals surface area contributed by atoms with Gasteiger partial charge in [-0.2, -0.15) is 0 Å². The molecule has 1 aliphatic carbocycles. The third kappa shape index (κ3) is 3.58. The van der Waals surface area contributed by atoms with Gasteiger partial charge in [0, 0.05) is 24.6 Å². The van der Waals surface area contributed by atoms with Crippen molar-refractivity contribution in [1.82, 2.24) is 14.8 Å². The van der Waals surface area contributed by atoms with Crippen molar-refractivity contribution < 1.29 is 4.79 Å². The lowest BCUT2D eigenvalue weighted by molar-refractivity contribution is -0.118. The Bertz CT molecular complexity index is 470. The first-order valence-electron chi connectivity index (χ1n) is 5.75. The average molecular weight is 331 g/mol. The van der Waals surface area contributed by atoms with Gasteiger partial charge in [0.2, 0.25) is 5.91 Å². The maximum Gasteiger partial charge on any atom is 0.219 e. The Morgan fingerprint density at radius 2 is 2.28 bits per heavy atom. The lowest BCUT2D eigenvalue weighted by Gasteiger charge is -2.08. The number of carbonyl (C=O) groups is 1. The maximum atomic E-state index is 10.9. The minimum absolute atomic E-state index is 0.300. The van der Waals surface area contributed by atoms with Crippen molar-refractivity contribution in [1.29, 1.82) is 0 Å². The number of primary amides is 1. The average Bonchev–Trinajstić information content (AvgIpc) is 3.05. The lowest BCUT2D eigenvalue weighted by Crippen LogP contribution is -2.15. The summed E-state index contributed by atoms with van der Waals surface area (Å²) < 4.78 is 2.92. The van der Waals surface area contributed by atoms with Crippen molar-refractivity contribution >= 4 is 33.6 Å². The normalized spacial score (nSPS) is 14.7. The quantitative estimate of drug-likeness (QED) is 0.776. The van der Waals surface area contributed by atoms with Gasteiger partial charge in [0.05, 0.1) is 0 Å². The first-order chi connectivity index (χ1) is 8.58. The predicted molar refractivity (Wildman–Crippen MR) is 74.6 cm³/mol. The van der Waals surface area contributed by atoms with Crippen molar-refractivity contribution in [3.05, 3.63) is 16.9 Å². The molecule has 2 rings (SSSR count). The third-order valence-corrected chi connectivity index (χ3v) is 4.33. The van der Waals surface area contributed by atoms with E-state index < -0.39 is 0 Å². The van der Waals surface area contributed by atoms with Gasteiger partial charge in [-0.3, -0.25) is 4.79 Å². The minimum Gasteiger partial charge on any atom is -0.370 e. The number of amides is 1. The van der Waals surface area contributed by atoms with Gasteiger partial charge in [0.15, 0.2) is 5.16 Å². The summed E-state index contributed by atoms with van der Waals surface area (Å²) in [5, 5.41) is 9.25. The Labute approximate surface area is 118 Å². The maximum absolute atomic E-state index is 10.9. The number of rotatable bonds is 7. The van der Waals surface area contributed by atoms with Gasteiger partial charge in [0.25, 0.3) is 0 Å².